The number of nitrogens with one attached hydrogen (secondary N) is 1. The predicted octanol–water partition coefficient (Wildman–Crippen LogP) is 1.22. The molecule has 7 heteroatoms. The lowest BCUT2D eigenvalue weighted by molar-refractivity contribution is 0.537. The molecule has 116 valence electrons. The van der Waals surface area contributed by atoms with Crippen LogP contribution < -0.4 is 10.3 Å². The van der Waals surface area contributed by atoms with E-state index in [2.05, 4.69) is 9.82 Å². The summed E-state index contributed by atoms with van der Waals surface area (Å²) in [6, 6.07) is 12.2. The van der Waals surface area contributed by atoms with Crippen molar-refractivity contribution in [1.29, 1.82) is 0 Å². The van der Waals surface area contributed by atoms with Gasteiger partial charge in [0.25, 0.3) is 5.56 Å². The average molecular weight is 319 g/mol. The molecular weight excluding hydrogens is 302 g/mol. The number of aromatic nitrogens is 2. The highest BCUT2D eigenvalue weighted by Crippen LogP contribution is 2.02. The second-order valence-corrected chi connectivity index (χ2v) is 6.24. The van der Waals surface area contributed by atoms with E-state index in [0.717, 1.165) is 11.0 Å². The number of hydrogen-bond donors (Lipinski definition) is 1. The lowest BCUT2D eigenvalue weighted by atomic mass is 10.2. The topological polar surface area (TPSA) is 81.1 Å². The Morgan fingerprint density at radius 3 is 2.64 bits per heavy atom. The van der Waals surface area contributed by atoms with E-state index < -0.39 is 10.0 Å². The summed E-state index contributed by atoms with van der Waals surface area (Å²) in [4.78, 5) is 11.4. The maximum absolute atomic E-state index is 11.8. The second-order valence-electron chi connectivity index (χ2n) is 4.59. The smallest absolute Gasteiger partial charge is 0.266 e. The lowest BCUT2D eigenvalue weighted by Gasteiger charge is -2.04. The summed E-state index contributed by atoms with van der Waals surface area (Å²) in [6.07, 6.45) is 3.54. The van der Waals surface area contributed by atoms with Crippen LogP contribution in [0.25, 0.3) is 6.08 Å². The minimum absolute atomic E-state index is 0.200. The van der Waals surface area contributed by atoms with Crippen LogP contribution in [0.4, 0.5) is 0 Å². The van der Waals surface area contributed by atoms with Crippen molar-refractivity contribution >= 4 is 16.1 Å². The fourth-order valence-corrected chi connectivity index (χ4v) is 2.64. The fourth-order valence-electron chi connectivity index (χ4n) is 1.78. The number of rotatable bonds is 7. The van der Waals surface area contributed by atoms with Gasteiger partial charge in [0.2, 0.25) is 10.0 Å². The molecule has 6 nitrogen and oxygen atoms in total. The van der Waals surface area contributed by atoms with Crippen LogP contribution in [0.2, 0.25) is 0 Å². The SMILES string of the molecule is O=c1cccnn1CCCNS(=O)(=O)/C=C/c1ccccc1. The first-order valence-electron chi connectivity index (χ1n) is 6.82. The van der Waals surface area contributed by atoms with Gasteiger partial charge in [-0.15, -0.1) is 0 Å². The van der Waals surface area contributed by atoms with Gasteiger partial charge < -0.3 is 0 Å². The number of sulfonamides is 1. The minimum atomic E-state index is -3.48. The summed E-state index contributed by atoms with van der Waals surface area (Å²) < 4.78 is 27.4. The molecule has 1 aromatic carbocycles. The maximum atomic E-state index is 11.8. The lowest BCUT2D eigenvalue weighted by Crippen LogP contribution is -2.26. The van der Waals surface area contributed by atoms with E-state index in [0.29, 0.717) is 13.0 Å². The molecule has 0 saturated carbocycles. The molecule has 0 unspecified atom stereocenters. The molecule has 0 radical (unpaired) electrons. The van der Waals surface area contributed by atoms with Crippen LogP contribution in [-0.2, 0) is 16.6 Å². The molecule has 0 atom stereocenters. The van der Waals surface area contributed by atoms with E-state index in [1.165, 1.54) is 23.0 Å². The first-order chi connectivity index (χ1) is 10.6. The molecule has 0 aliphatic rings. The van der Waals surface area contributed by atoms with Crippen molar-refractivity contribution in [2.45, 2.75) is 13.0 Å². The zero-order valence-electron chi connectivity index (χ0n) is 11.9. The van der Waals surface area contributed by atoms with Crippen LogP contribution in [0.3, 0.4) is 0 Å². The van der Waals surface area contributed by atoms with Crippen LogP contribution in [-0.4, -0.2) is 24.7 Å². The third-order valence-corrected chi connectivity index (χ3v) is 3.98. The van der Waals surface area contributed by atoms with E-state index in [9.17, 15) is 13.2 Å². The van der Waals surface area contributed by atoms with Gasteiger partial charge in [0.05, 0.1) is 0 Å². The molecule has 1 heterocycles. The fraction of sp³-hybridized carbons (Fsp3) is 0.200. The quantitative estimate of drug-likeness (QED) is 0.778. The Morgan fingerprint density at radius 1 is 1.14 bits per heavy atom. The predicted molar refractivity (Wildman–Crippen MR) is 85.5 cm³/mol. The number of nitrogens with zero attached hydrogens (tertiary/aromatic N) is 2. The van der Waals surface area contributed by atoms with Crippen LogP contribution in [0.1, 0.15) is 12.0 Å². The highest BCUT2D eigenvalue weighted by molar-refractivity contribution is 7.92. The monoisotopic (exact) mass is 319 g/mol. The first-order valence-corrected chi connectivity index (χ1v) is 8.36. The Labute approximate surface area is 129 Å². The number of benzene rings is 1. The third kappa shape index (κ3) is 5.27. The molecular formula is C15H17N3O3S. The van der Waals surface area contributed by atoms with Crippen molar-refractivity contribution in [3.05, 3.63) is 70.0 Å². The number of aryl methyl sites for hydroxylation is 1. The van der Waals surface area contributed by atoms with Crippen molar-refractivity contribution in [2.24, 2.45) is 0 Å². The summed E-state index contributed by atoms with van der Waals surface area (Å²) in [5, 5.41) is 5.04. The molecule has 0 saturated heterocycles. The van der Waals surface area contributed by atoms with Crippen molar-refractivity contribution in [3.8, 4) is 0 Å². The van der Waals surface area contributed by atoms with E-state index in [4.69, 9.17) is 0 Å². The zero-order valence-corrected chi connectivity index (χ0v) is 12.7. The van der Waals surface area contributed by atoms with Crippen LogP contribution >= 0.6 is 0 Å². The highest BCUT2D eigenvalue weighted by Gasteiger charge is 2.04. The molecule has 0 aliphatic heterocycles. The van der Waals surface area contributed by atoms with Gasteiger partial charge in [0.1, 0.15) is 0 Å². The Kier molecular flexibility index (Phi) is 5.62. The zero-order chi connectivity index (χ0) is 15.8. The normalized spacial score (nSPS) is 11.8. The molecule has 0 spiro atoms. The molecule has 0 amide bonds. The van der Waals surface area contributed by atoms with Gasteiger partial charge in [-0.25, -0.2) is 17.8 Å². The van der Waals surface area contributed by atoms with E-state index in [1.807, 2.05) is 30.3 Å². The molecule has 0 aliphatic carbocycles. The van der Waals surface area contributed by atoms with E-state index in [1.54, 1.807) is 6.07 Å². The molecule has 2 aromatic rings. The summed E-state index contributed by atoms with van der Waals surface area (Å²) >= 11 is 0. The van der Waals surface area contributed by atoms with Gasteiger partial charge in [-0.2, -0.15) is 5.10 Å². The van der Waals surface area contributed by atoms with Crippen LogP contribution in [0.15, 0.2) is 58.9 Å². The van der Waals surface area contributed by atoms with Gasteiger partial charge in [0, 0.05) is 30.8 Å². The van der Waals surface area contributed by atoms with Gasteiger partial charge in [0.15, 0.2) is 0 Å². The largest absolute Gasteiger partial charge is 0.268 e. The molecule has 1 N–H and O–H groups in total. The minimum Gasteiger partial charge on any atom is -0.268 e. The Hall–Kier alpha value is -2.25. The van der Waals surface area contributed by atoms with Gasteiger partial charge in [-0.3, -0.25) is 4.79 Å². The van der Waals surface area contributed by atoms with E-state index in [-0.39, 0.29) is 12.1 Å². The summed E-state index contributed by atoms with van der Waals surface area (Å²) in [6.45, 7) is 0.606. The van der Waals surface area contributed by atoms with Gasteiger partial charge >= 0.3 is 0 Å². The summed E-state index contributed by atoms with van der Waals surface area (Å²) in [5.74, 6) is 0. The van der Waals surface area contributed by atoms with Crippen molar-refractivity contribution in [2.75, 3.05) is 6.54 Å². The average Bonchev–Trinajstić information content (AvgIpc) is 2.52. The summed E-state index contributed by atoms with van der Waals surface area (Å²) in [7, 11) is -3.48. The third-order valence-electron chi connectivity index (χ3n) is 2.87. The van der Waals surface area contributed by atoms with Crippen molar-refractivity contribution in [1.82, 2.24) is 14.5 Å². The maximum Gasteiger partial charge on any atom is 0.266 e. The molecule has 1 aromatic heterocycles. The standard InChI is InChI=1S/C15H17N3O3S/c19-15-8-4-10-16-18(15)12-5-11-17-22(20,21)13-9-14-6-2-1-3-7-14/h1-4,6-10,13,17H,5,11-12H2/b13-9+. The van der Waals surface area contributed by atoms with Crippen molar-refractivity contribution in [3.63, 3.8) is 0 Å². The van der Waals surface area contributed by atoms with Crippen molar-refractivity contribution < 1.29 is 8.42 Å². The highest BCUT2D eigenvalue weighted by atomic mass is 32.2. The molecule has 2 rings (SSSR count). The Balaban J connectivity index is 1.82. The Morgan fingerprint density at radius 2 is 1.91 bits per heavy atom. The second kappa shape index (κ2) is 7.67. The van der Waals surface area contributed by atoms with Gasteiger partial charge in [-0.05, 0) is 24.1 Å². The summed E-state index contributed by atoms with van der Waals surface area (Å²) in [5.41, 5.74) is 0.613. The number of hydrogen-bond acceptors (Lipinski definition) is 4. The van der Waals surface area contributed by atoms with Crippen LogP contribution in [0.5, 0.6) is 0 Å². The van der Waals surface area contributed by atoms with Crippen LogP contribution in [0, 0.1) is 0 Å². The van der Waals surface area contributed by atoms with Gasteiger partial charge in [-0.1, -0.05) is 30.3 Å². The first kappa shape index (κ1) is 16.1. The molecule has 0 bridgehead atoms. The molecule has 0 fully saturated rings. The van der Waals surface area contributed by atoms with E-state index >= 15 is 0 Å². The Bertz CT molecular complexity index is 783. The molecule has 22 heavy (non-hydrogen) atoms.